The molecule has 2 aromatic carbocycles. The number of hydrogen-bond acceptors (Lipinski definition) is 6. The molecule has 9 nitrogen and oxygen atoms in total. The normalized spacial score (nSPS) is 16.0. The van der Waals surface area contributed by atoms with Crippen LogP contribution < -0.4 is 29.7 Å². The van der Waals surface area contributed by atoms with Gasteiger partial charge in [0, 0.05) is 17.6 Å². The molecule has 0 bridgehead atoms. The van der Waals surface area contributed by atoms with Crippen molar-refractivity contribution in [2.45, 2.75) is 0 Å². The quantitative estimate of drug-likeness (QED) is 0.678. The van der Waals surface area contributed by atoms with E-state index in [0.717, 1.165) is 4.90 Å². The average Bonchev–Trinajstić information content (AvgIpc) is 2.73. The van der Waals surface area contributed by atoms with Crippen molar-refractivity contribution in [3.63, 3.8) is 0 Å². The Kier molecular flexibility index (Phi) is 6.31. The van der Waals surface area contributed by atoms with E-state index < -0.39 is 23.8 Å². The fraction of sp³-hybridized carbons (Fsp3) is 0.250. The molecule has 0 aromatic heterocycles. The second kappa shape index (κ2) is 8.91. The van der Waals surface area contributed by atoms with E-state index in [-0.39, 0.29) is 12.2 Å². The molecule has 10 heteroatoms. The van der Waals surface area contributed by atoms with Gasteiger partial charge in [-0.05, 0) is 30.3 Å². The minimum atomic E-state index is -1.15. The van der Waals surface area contributed by atoms with E-state index in [1.165, 1.54) is 39.5 Å². The molecule has 1 atom stereocenters. The highest BCUT2D eigenvalue weighted by Gasteiger charge is 2.40. The summed E-state index contributed by atoms with van der Waals surface area (Å²) in [6.07, 6.45) is 0. The van der Waals surface area contributed by atoms with Crippen LogP contribution in [0.1, 0.15) is 0 Å². The van der Waals surface area contributed by atoms with Crippen LogP contribution in [-0.2, 0) is 9.59 Å². The first-order valence-electron chi connectivity index (χ1n) is 8.87. The number of imide groups is 1. The van der Waals surface area contributed by atoms with Crippen molar-refractivity contribution < 1.29 is 28.6 Å². The number of carbonyl (C=O) groups excluding carboxylic acids is 3. The summed E-state index contributed by atoms with van der Waals surface area (Å²) in [4.78, 5) is 39.1. The predicted molar refractivity (Wildman–Crippen MR) is 111 cm³/mol. The average molecular weight is 434 g/mol. The monoisotopic (exact) mass is 433 g/mol. The maximum absolute atomic E-state index is 13.0. The van der Waals surface area contributed by atoms with Crippen molar-refractivity contribution in [3.05, 3.63) is 41.4 Å². The van der Waals surface area contributed by atoms with Crippen LogP contribution in [0.25, 0.3) is 0 Å². The Labute approximate surface area is 177 Å². The topological polar surface area (TPSA) is 106 Å². The third-order valence-corrected chi connectivity index (χ3v) is 4.78. The molecular weight excluding hydrogens is 414 g/mol. The minimum absolute atomic E-state index is 0.143. The van der Waals surface area contributed by atoms with Crippen LogP contribution in [0.15, 0.2) is 36.4 Å². The maximum Gasteiger partial charge on any atom is 0.328 e. The summed E-state index contributed by atoms with van der Waals surface area (Å²) in [5, 5.41) is 5.59. The lowest BCUT2D eigenvalue weighted by atomic mass is 10.0. The summed E-state index contributed by atoms with van der Waals surface area (Å²) < 4.78 is 15.6. The third kappa shape index (κ3) is 4.11. The number of urea groups is 1. The van der Waals surface area contributed by atoms with Gasteiger partial charge < -0.3 is 24.8 Å². The smallest absolute Gasteiger partial charge is 0.328 e. The number of anilines is 2. The van der Waals surface area contributed by atoms with Gasteiger partial charge in [-0.1, -0.05) is 11.6 Å². The van der Waals surface area contributed by atoms with Gasteiger partial charge in [0.2, 0.25) is 11.8 Å². The molecule has 0 aliphatic carbocycles. The van der Waals surface area contributed by atoms with E-state index in [0.29, 0.717) is 28.0 Å². The van der Waals surface area contributed by atoms with Crippen molar-refractivity contribution in [3.8, 4) is 17.2 Å². The number of ether oxygens (including phenoxy) is 3. The number of halogens is 1. The van der Waals surface area contributed by atoms with Crippen LogP contribution in [0.4, 0.5) is 16.2 Å². The summed E-state index contributed by atoms with van der Waals surface area (Å²) in [7, 11) is 4.36. The van der Waals surface area contributed by atoms with Gasteiger partial charge in [0.1, 0.15) is 11.7 Å². The highest BCUT2D eigenvalue weighted by molar-refractivity contribution is 6.31. The number of nitrogens with one attached hydrogen (secondary N) is 2. The molecule has 30 heavy (non-hydrogen) atoms. The van der Waals surface area contributed by atoms with E-state index in [1.807, 2.05) is 0 Å². The van der Waals surface area contributed by atoms with E-state index >= 15 is 0 Å². The van der Waals surface area contributed by atoms with E-state index in [2.05, 4.69) is 10.6 Å². The van der Waals surface area contributed by atoms with Gasteiger partial charge in [0.25, 0.3) is 0 Å². The second-order valence-electron chi connectivity index (χ2n) is 6.29. The summed E-state index contributed by atoms with van der Waals surface area (Å²) in [5.41, 5.74) is 0.561. The van der Waals surface area contributed by atoms with E-state index in [1.54, 1.807) is 18.2 Å². The first kappa shape index (κ1) is 21.3. The van der Waals surface area contributed by atoms with Crippen LogP contribution in [0.5, 0.6) is 17.2 Å². The third-order valence-electron chi connectivity index (χ3n) is 4.54. The second-order valence-corrected chi connectivity index (χ2v) is 6.72. The predicted octanol–water partition coefficient (Wildman–Crippen LogP) is 2.68. The van der Waals surface area contributed by atoms with Gasteiger partial charge in [0.05, 0.1) is 32.7 Å². The first-order valence-corrected chi connectivity index (χ1v) is 9.25. The fourth-order valence-corrected chi connectivity index (χ4v) is 3.19. The molecule has 3 rings (SSSR count). The van der Waals surface area contributed by atoms with Crippen molar-refractivity contribution in [1.29, 1.82) is 0 Å². The molecule has 1 unspecified atom stereocenters. The lowest BCUT2D eigenvalue weighted by Gasteiger charge is -2.31. The lowest BCUT2D eigenvalue weighted by molar-refractivity contribution is -0.130. The highest BCUT2D eigenvalue weighted by atomic mass is 35.5. The van der Waals surface area contributed by atoms with Gasteiger partial charge in [-0.25, -0.2) is 9.69 Å². The number of rotatable bonds is 6. The number of methoxy groups -OCH3 is 3. The van der Waals surface area contributed by atoms with Gasteiger partial charge in [0.15, 0.2) is 11.5 Å². The SMILES string of the molecule is COc1ccc(Cl)cc1NC(=O)C1CNC(=O)N(c2ccc(OC)c(OC)c2)C1=O. The summed E-state index contributed by atoms with van der Waals surface area (Å²) in [6.45, 7) is -0.143. The minimum Gasteiger partial charge on any atom is -0.495 e. The van der Waals surface area contributed by atoms with Crippen LogP contribution in [-0.4, -0.2) is 45.7 Å². The number of carbonyl (C=O) groups is 3. The molecule has 0 radical (unpaired) electrons. The first-order chi connectivity index (χ1) is 14.4. The Hall–Kier alpha value is -3.46. The number of benzene rings is 2. The molecule has 2 aromatic rings. The Bertz CT molecular complexity index is 997. The van der Waals surface area contributed by atoms with Crippen LogP contribution in [0.3, 0.4) is 0 Å². The standard InChI is InChI=1S/C20H20ClN3O6/c1-28-15-6-4-11(21)8-14(15)23-18(25)13-10-22-20(27)24(19(13)26)12-5-7-16(29-2)17(9-12)30-3/h4-9,13H,10H2,1-3H3,(H,22,27)(H,23,25). The summed E-state index contributed by atoms with van der Waals surface area (Å²) in [6, 6.07) is 8.65. The van der Waals surface area contributed by atoms with Crippen LogP contribution in [0, 0.1) is 5.92 Å². The largest absolute Gasteiger partial charge is 0.495 e. The molecular formula is C20H20ClN3O6. The molecule has 158 valence electrons. The zero-order chi connectivity index (χ0) is 21.8. The molecule has 1 fully saturated rings. The molecule has 1 aliphatic rings. The van der Waals surface area contributed by atoms with Crippen LogP contribution in [0.2, 0.25) is 5.02 Å². The molecule has 0 spiro atoms. The zero-order valence-electron chi connectivity index (χ0n) is 16.5. The molecule has 1 saturated heterocycles. The van der Waals surface area contributed by atoms with E-state index in [4.69, 9.17) is 25.8 Å². The molecule has 0 saturated carbocycles. The number of hydrogen-bond donors (Lipinski definition) is 2. The summed E-state index contributed by atoms with van der Waals surface area (Å²) >= 11 is 5.99. The molecule has 1 heterocycles. The Morgan fingerprint density at radius 3 is 2.37 bits per heavy atom. The molecule has 2 N–H and O–H groups in total. The van der Waals surface area contributed by atoms with Crippen LogP contribution >= 0.6 is 11.6 Å². The Morgan fingerprint density at radius 2 is 1.70 bits per heavy atom. The van der Waals surface area contributed by atoms with Gasteiger partial charge in [-0.3, -0.25) is 9.59 Å². The fourth-order valence-electron chi connectivity index (χ4n) is 3.02. The van der Waals surface area contributed by atoms with Crippen molar-refractivity contribution in [2.75, 3.05) is 38.1 Å². The highest BCUT2D eigenvalue weighted by Crippen LogP contribution is 2.33. The van der Waals surface area contributed by atoms with Gasteiger partial charge in [-0.15, -0.1) is 0 Å². The maximum atomic E-state index is 13.0. The lowest BCUT2D eigenvalue weighted by Crippen LogP contribution is -2.58. The molecule has 1 aliphatic heterocycles. The summed E-state index contributed by atoms with van der Waals surface area (Å²) in [5.74, 6) is -1.27. The Balaban J connectivity index is 1.86. The Morgan fingerprint density at radius 1 is 1.03 bits per heavy atom. The zero-order valence-corrected chi connectivity index (χ0v) is 17.3. The molecule has 4 amide bonds. The number of amides is 4. The van der Waals surface area contributed by atoms with Gasteiger partial charge in [-0.2, -0.15) is 0 Å². The van der Waals surface area contributed by atoms with E-state index in [9.17, 15) is 14.4 Å². The van der Waals surface area contributed by atoms with Crippen molar-refractivity contribution in [2.24, 2.45) is 5.92 Å². The number of nitrogens with zero attached hydrogens (tertiary/aromatic N) is 1. The van der Waals surface area contributed by atoms with Crippen molar-refractivity contribution in [1.82, 2.24) is 5.32 Å². The van der Waals surface area contributed by atoms with Gasteiger partial charge >= 0.3 is 6.03 Å². The van der Waals surface area contributed by atoms with Crippen molar-refractivity contribution >= 4 is 40.8 Å².